The topological polar surface area (TPSA) is 69.7 Å². The molecule has 0 spiro atoms. The molecule has 0 atom stereocenters. The van der Waals surface area contributed by atoms with Crippen LogP contribution in [0.2, 0.25) is 0 Å². The Hall–Kier alpha value is -2.91. The van der Waals surface area contributed by atoms with Crippen LogP contribution >= 0.6 is 27.7 Å². The van der Waals surface area contributed by atoms with Crippen molar-refractivity contribution in [3.63, 3.8) is 0 Å². The normalized spacial score (nSPS) is 18.3. The van der Waals surface area contributed by atoms with Gasteiger partial charge < -0.3 is 10.2 Å². The van der Waals surface area contributed by atoms with Crippen LogP contribution in [0.4, 0.5) is 20.6 Å². The Morgan fingerprint density at radius 1 is 1.21 bits per heavy atom. The van der Waals surface area contributed by atoms with Crippen LogP contribution in [0, 0.1) is 5.82 Å². The van der Waals surface area contributed by atoms with Crippen LogP contribution in [-0.2, 0) is 9.59 Å². The molecular formula is C25H23BrFN3O3S. The van der Waals surface area contributed by atoms with Crippen LogP contribution in [0.1, 0.15) is 31.9 Å². The molecule has 0 radical (unpaired) electrons. The van der Waals surface area contributed by atoms with Crippen molar-refractivity contribution in [1.29, 1.82) is 0 Å². The minimum absolute atomic E-state index is 0.0754. The number of halogens is 2. The Morgan fingerprint density at radius 3 is 2.56 bits per heavy atom. The smallest absolute Gasteiger partial charge is 0.294 e. The summed E-state index contributed by atoms with van der Waals surface area (Å²) in [6, 6.07) is 10.1. The van der Waals surface area contributed by atoms with Gasteiger partial charge in [0.05, 0.1) is 10.4 Å². The standard InChI is InChI=1S/C25H23BrFN3O3S/c1-14-12-25(2,3)29(4)20-11-19(27)15(9-18(14)20)10-21-23(32)30(24(33)34-21)13-22(31)28-17-7-5-16(26)6-8-17/h5-12H,13H2,1-4H3,(H,28,31)/b21-10+. The molecule has 1 fully saturated rings. The Bertz CT molecular complexity index is 1270. The zero-order valence-electron chi connectivity index (χ0n) is 19.1. The van der Waals surface area contributed by atoms with E-state index in [1.54, 1.807) is 30.3 Å². The number of anilines is 2. The van der Waals surface area contributed by atoms with E-state index in [2.05, 4.69) is 27.3 Å². The van der Waals surface area contributed by atoms with E-state index in [4.69, 9.17) is 0 Å². The van der Waals surface area contributed by atoms with Crippen LogP contribution in [0.3, 0.4) is 0 Å². The average molecular weight is 544 g/mol. The number of likely N-dealkylation sites (N-methyl/N-ethyl adjacent to an activating group) is 1. The summed E-state index contributed by atoms with van der Waals surface area (Å²) in [5.41, 5.74) is 3.13. The van der Waals surface area contributed by atoms with Gasteiger partial charge in [-0.1, -0.05) is 22.0 Å². The summed E-state index contributed by atoms with van der Waals surface area (Å²) in [6.07, 6.45) is 3.48. The van der Waals surface area contributed by atoms with Crippen molar-refractivity contribution in [3.8, 4) is 0 Å². The molecule has 6 nitrogen and oxygen atoms in total. The largest absolute Gasteiger partial charge is 0.365 e. The number of benzene rings is 2. The maximum atomic E-state index is 15.0. The lowest BCUT2D eigenvalue weighted by molar-refractivity contribution is -0.127. The summed E-state index contributed by atoms with van der Waals surface area (Å²) < 4.78 is 15.9. The minimum Gasteiger partial charge on any atom is -0.365 e. The van der Waals surface area contributed by atoms with Gasteiger partial charge in [0.25, 0.3) is 11.1 Å². The van der Waals surface area contributed by atoms with E-state index < -0.39 is 29.4 Å². The fraction of sp³-hybridized carbons (Fsp3) is 0.240. The number of allylic oxidation sites excluding steroid dienone is 1. The first-order chi connectivity index (χ1) is 16.0. The van der Waals surface area contributed by atoms with E-state index in [1.807, 2.05) is 32.7 Å². The molecule has 176 valence electrons. The lowest BCUT2D eigenvalue weighted by atomic mass is 9.88. The molecule has 2 aliphatic heterocycles. The predicted octanol–water partition coefficient (Wildman–Crippen LogP) is 5.89. The quantitative estimate of drug-likeness (QED) is 0.486. The first kappa shape index (κ1) is 24.2. The number of imide groups is 1. The molecule has 34 heavy (non-hydrogen) atoms. The second kappa shape index (κ2) is 9.03. The molecule has 9 heteroatoms. The Morgan fingerprint density at radius 2 is 1.88 bits per heavy atom. The highest BCUT2D eigenvalue weighted by Crippen LogP contribution is 2.40. The number of nitrogens with one attached hydrogen (secondary N) is 1. The van der Waals surface area contributed by atoms with Crippen molar-refractivity contribution in [2.75, 3.05) is 23.8 Å². The Labute approximate surface area is 210 Å². The number of hydrogen-bond donors (Lipinski definition) is 1. The molecule has 0 aromatic heterocycles. The van der Waals surface area contributed by atoms with Gasteiger partial charge in [0.2, 0.25) is 5.91 Å². The zero-order valence-corrected chi connectivity index (χ0v) is 21.5. The summed E-state index contributed by atoms with van der Waals surface area (Å²) in [4.78, 5) is 40.6. The predicted molar refractivity (Wildman–Crippen MR) is 138 cm³/mol. The van der Waals surface area contributed by atoms with Gasteiger partial charge in [-0.2, -0.15) is 0 Å². The van der Waals surface area contributed by atoms with Gasteiger partial charge in [-0.15, -0.1) is 0 Å². The first-order valence-corrected chi connectivity index (χ1v) is 12.2. The highest BCUT2D eigenvalue weighted by Gasteiger charge is 2.37. The molecule has 2 aliphatic rings. The van der Waals surface area contributed by atoms with Crippen molar-refractivity contribution in [2.45, 2.75) is 26.3 Å². The third-order valence-corrected chi connectivity index (χ3v) is 7.36. The van der Waals surface area contributed by atoms with Gasteiger partial charge >= 0.3 is 0 Å². The summed E-state index contributed by atoms with van der Waals surface area (Å²) in [6.45, 7) is 5.64. The molecule has 3 amide bonds. The van der Waals surface area contributed by atoms with Crippen molar-refractivity contribution in [3.05, 3.63) is 68.8 Å². The molecule has 2 heterocycles. The van der Waals surface area contributed by atoms with Gasteiger partial charge in [-0.05, 0) is 80.6 Å². The van der Waals surface area contributed by atoms with Gasteiger partial charge in [0, 0.05) is 34.0 Å². The second-order valence-corrected chi connectivity index (χ2v) is 10.7. The van der Waals surface area contributed by atoms with Crippen LogP contribution in [-0.4, -0.2) is 41.1 Å². The average Bonchev–Trinajstić information content (AvgIpc) is 3.02. The summed E-state index contributed by atoms with van der Waals surface area (Å²) >= 11 is 4.01. The van der Waals surface area contributed by atoms with E-state index in [1.165, 1.54) is 12.1 Å². The Balaban J connectivity index is 1.55. The lowest BCUT2D eigenvalue weighted by Gasteiger charge is -2.40. The molecule has 4 rings (SSSR count). The van der Waals surface area contributed by atoms with Crippen LogP contribution in [0.5, 0.6) is 0 Å². The van der Waals surface area contributed by atoms with Crippen LogP contribution < -0.4 is 10.2 Å². The third-order valence-electron chi connectivity index (χ3n) is 5.93. The number of thioether (sulfide) groups is 1. The summed E-state index contributed by atoms with van der Waals surface area (Å²) in [7, 11) is 1.91. The molecular weight excluding hydrogens is 521 g/mol. The number of hydrogen-bond acceptors (Lipinski definition) is 5. The van der Waals surface area contributed by atoms with E-state index in [9.17, 15) is 14.4 Å². The number of nitrogens with zero attached hydrogens (tertiary/aromatic N) is 2. The number of fused-ring (bicyclic) bond motifs is 1. The van der Waals surface area contributed by atoms with Gasteiger partial charge in [-0.25, -0.2) is 4.39 Å². The van der Waals surface area contributed by atoms with Gasteiger partial charge in [0.1, 0.15) is 12.4 Å². The van der Waals surface area contributed by atoms with Crippen LogP contribution in [0.15, 0.2) is 51.9 Å². The number of amides is 3. The highest BCUT2D eigenvalue weighted by molar-refractivity contribution is 9.10. The maximum Gasteiger partial charge on any atom is 0.294 e. The summed E-state index contributed by atoms with van der Waals surface area (Å²) in [5, 5.41) is 2.08. The maximum absolute atomic E-state index is 15.0. The molecule has 1 saturated heterocycles. The van der Waals surface area contributed by atoms with Crippen molar-refractivity contribution >= 4 is 67.8 Å². The van der Waals surface area contributed by atoms with Crippen molar-refractivity contribution in [1.82, 2.24) is 4.90 Å². The zero-order chi connectivity index (χ0) is 24.8. The van der Waals surface area contributed by atoms with Gasteiger partial charge in [-0.3, -0.25) is 19.3 Å². The minimum atomic E-state index is -0.622. The summed E-state index contributed by atoms with van der Waals surface area (Å²) in [5.74, 6) is -1.61. The molecule has 0 saturated carbocycles. The molecule has 0 bridgehead atoms. The first-order valence-electron chi connectivity index (χ1n) is 10.5. The Kier molecular flexibility index (Phi) is 6.44. The van der Waals surface area contributed by atoms with E-state index in [-0.39, 0.29) is 16.0 Å². The lowest BCUT2D eigenvalue weighted by Crippen LogP contribution is -2.42. The highest BCUT2D eigenvalue weighted by atomic mass is 79.9. The molecule has 0 aliphatic carbocycles. The number of rotatable bonds is 4. The molecule has 2 aromatic rings. The van der Waals surface area contributed by atoms with E-state index in [0.717, 1.165) is 26.2 Å². The van der Waals surface area contributed by atoms with Crippen molar-refractivity contribution < 1.29 is 18.8 Å². The third kappa shape index (κ3) is 4.67. The molecule has 0 unspecified atom stereocenters. The SMILES string of the molecule is CC1=CC(C)(C)N(C)c2cc(F)c(/C=C3/SC(=O)N(CC(=O)Nc4ccc(Br)cc4)C3=O)cc21. The second-order valence-electron chi connectivity index (χ2n) is 8.75. The number of carbonyl (C=O) groups is 3. The monoisotopic (exact) mass is 543 g/mol. The molecule has 1 N–H and O–H groups in total. The van der Waals surface area contributed by atoms with E-state index >= 15 is 4.39 Å². The van der Waals surface area contributed by atoms with E-state index in [0.29, 0.717) is 17.4 Å². The van der Waals surface area contributed by atoms with Crippen LogP contribution in [0.25, 0.3) is 11.6 Å². The fourth-order valence-corrected chi connectivity index (χ4v) is 5.05. The van der Waals surface area contributed by atoms with Gasteiger partial charge in [0.15, 0.2) is 0 Å². The fourth-order valence-electron chi connectivity index (χ4n) is 3.95. The molecule has 2 aromatic carbocycles. The number of carbonyl (C=O) groups excluding carboxylic acids is 3. The van der Waals surface area contributed by atoms with Crippen molar-refractivity contribution in [2.24, 2.45) is 0 Å².